The molecule has 0 amide bonds. The Balaban J connectivity index is 2.25. The zero-order valence-electron chi connectivity index (χ0n) is 15.8. The van der Waals surface area contributed by atoms with Gasteiger partial charge in [-0.25, -0.2) is 0 Å². The van der Waals surface area contributed by atoms with Gasteiger partial charge in [-0.15, -0.1) is 0 Å². The number of nitrogens with zero attached hydrogens (tertiary/aromatic N) is 2. The van der Waals surface area contributed by atoms with E-state index in [4.69, 9.17) is 4.74 Å². The lowest BCUT2D eigenvalue weighted by molar-refractivity contribution is 0.0532. The number of aliphatic imine (C=N–C) groups is 1. The molecule has 6 heteroatoms. The highest BCUT2D eigenvalue weighted by Crippen LogP contribution is 2.19. The molecule has 0 spiro atoms. The van der Waals surface area contributed by atoms with Gasteiger partial charge in [-0.3, -0.25) is 4.99 Å². The molecule has 5 nitrogen and oxygen atoms in total. The van der Waals surface area contributed by atoms with Gasteiger partial charge in [-0.05, 0) is 46.8 Å². The lowest BCUT2D eigenvalue weighted by Crippen LogP contribution is -2.50. The van der Waals surface area contributed by atoms with Gasteiger partial charge in [0.25, 0.3) is 0 Å². The fourth-order valence-corrected chi connectivity index (χ4v) is 2.69. The smallest absolute Gasteiger partial charge is 0.191 e. The van der Waals surface area contributed by atoms with Crippen molar-refractivity contribution in [3.05, 3.63) is 0 Å². The lowest BCUT2D eigenvalue weighted by atomic mass is 10.1. The second-order valence-corrected chi connectivity index (χ2v) is 8.58. The van der Waals surface area contributed by atoms with Crippen LogP contribution in [-0.4, -0.2) is 73.8 Å². The van der Waals surface area contributed by atoms with Crippen molar-refractivity contribution in [2.24, 2.45) is 4.99 Å². The Morgan fingerprint density at radius 1 is 1.35 bits per heavy atom. The van der Waals surface area contributed by atoms with Crippen molar-refractivity contribution in [3.8, 4) is 0 Å². The molecule has 1 heterocycles. The Hall–Kier alpha value is -0.460. The molecule has 0 aromatic rings. The highest BCUT2D eigenvalue weighted by molar-refractivity contribution is 7.99. The van der Waals surface area contributed by atoms with E-state index in [9.17, 15) is 0 Å². The highest BCUT2D eigenvalue weighted by atomic mass is 32.2. The van der Waals surface area contributed by atoms with E-state index in [1.165, 1.54) is 0 Å². The predicted octanol–water partition coefficient (Wildman–Crippen LogP) is 2.18. The van der Waals surface area contributed by atoms with Gasteiger partial charge in [0, 0.05) is 44.0 Å². The Kier molecular flexibility index (Phi) is 9.32. The van der Waals surface area contributed by atoms with E-state index in [1.807, 2.05) is 18.8 Å². The maximum atomic E-state index is 5.64. The minimum Gasteiger partial charge on any atom is -0.377 e. The van der Waals surface area contributed by atoms with E-state index in [2.05, 4.69) is 54.5 Å². The molecule has 0 aromatic carbocycles. The van der Waals surface area contributed by atoms with Crippen LogP contribution in [0.1, 0.15) is 40.5 Å². The molecule has 0 unspecified atom stereocenters. The Bertz CT molecular complexity index is 353. The van der Waals surface area contributed by atoms with Crippen LogP contribution in [0.5, 0.6) is 0 Å². The normalized spacial score (nSPS) is 18.5. The molecular weight excluding hydrogens is 308 g/mol. The molecule has 1 aliphatic rings. The summed E-state index contributed by atoms with van der Waals surface area (Å²) in [5.41, 5.74) is 0. The zero-order chi connectivity index (χ0) is 17.3. The van der Waals surface area contributed by atoms with Crippen molar-refractivity contribution < 1.29 is 4.74 Å². The van der Waals surface area contributed by atoms with E-state index >= 15 is 0 Å². The summed E-state index contributed by atoms with van der Waals surface area (Å²) in [4.78, 5) is 6.85. The van der Waals surface area contributed by atoms with Gasteiger partial charge < -0.3 is 20.3 Å². The van der Waals surface area contributed by atoms with Crippen molar-refractivity contribution >= 4 is 17.7 Å². The molecule has 136 valence electrons. The highest BCUT2D eigenvalue weighted by Gasteiger charge is 2.21. The molecule has 0 aromatic heterocycles. The lowest BCUT2D eigenvalue weighted by Gasteiger charge is -2.33. The molecular formula is C17H36N4OS. The standard InChI is InChI=1S/C17H36N4OS/c1-14(2)22-12-11-21-9-7-15(8-10-21)20-16(18-5)19-13-17(3,4)23-6/h14-15H,7-13H2,1-6H3,(H2,18,19,20). The van der Waals surface area contributed by atoms with Crippen LogP contribution in [0.3, 0.4) is 0 Å². The minimum atomic E-state index is 0.220. The topological polar surface area (TPSA) is 48.9 Å². The molecule has 1 rings (SSSR count). The van der Waals surface area contributed by atoms with Crippen LogP contribution in [0.15, 0.2) is 4.99 Å². The van der Waals surface area contributed by atoms with E-state index in [0.29, 0.717) is 12.1 Å². The fourth-order valence-electron chi connectivity index (χ4n) is 2.48. The first kappa shape index (κ1) is 20.6. The largest absolute Gasteiger partial charge is 0.377 e. The SMILES string of the molecule is CN=C(NCC(C)(C)SC)NC1CCN(CCOC(C)C)CC1. The van der Waals surface area contributed by atoms with Gasteiger partial charge in [0.1, 0.15) is 0 Å². The van der Waals surface area contributed by atoms with E-state index in [1.54, 1.807) is 0 Å². The van der Waals surface area contributed by atoms with Crippen molar-refractivity contribution in [2.45, 2.75) is 57.4 Å². The molecule has 0 aliphatic carbocycles. The molecule has 0 saturated carbocycles. The van der Waals surface area contributed by atoms with Gasteiger partial charge in [0.05, 0.1) is 12.7 Å². The number of hydrogen-bond acceptors (Lipinski definition) is 4. The number of thioether (sulfide) groups is 1. The van der Waals surface area contributed by atoms with Crippen LogP contribution in [0.2, 0.25) is 0 Å². The van der Waals surface area contributed by atoms with Crippen LogP contribution in [0.25, 0.3) is 0 Å². The summed E-state index contributed by atoms with van der Waals surface area (Å²) in [6.45, 7) is 13.7. The van der Waals surface area contributed by atoms with Crippen LogP contribution >= 0.6 is 11.8 Å². The Morgan fingerprint density at radius 3 is 2.52 bits per heavy atom. The van der Waals surface area contributed by atoms with E-state index in [-0.39, 0.29) is 4.75 Å². The first-order valence-electron chi connectivity index (χ1n) is 8.72. The first-order chi connectivity index (χ1) is 10.9. The van der Waals surface area contributed by atoms with Crippen LogP contribution in [-0.2, 0) is 4.74 Å². The summed E-state index contributed by atoms with van der Waals surface area (Å²) in [5.74, 6) is 0.925. The summed E-state index contributed by atoms with van der Waals surface area (Å²) in [5, 5.41) is 7.02. The van der Waals surface area contributed by atoms with Gasteiger partial charge in [0.15, 0.2) is 5.96 Å². The average molecular weight is 345 g/mol. The van der Waals surface area contributed by atoms with Gasteiger partial charge in [-0.2, -0.15) is 11.8 Å². The molecule has 1 aliphatic heterocycles. The van der Waals surface area contributed by atoms with Gasteiger partial charge in [-0.1, -0.05) is 0 Å². The number of ether oxygens (including phenoxy) is 1. The third-order valence-corrected chi connectivity index (χ3v) is 5.49. The van der Waals surface area contributed by atoms with Crippen molar-refractivity contribution in [1.29, 1.82) is 0 Å². The molecule has 2 N–H and O–H groups in total. The Morgan fingerprint density at radius 2 is 2.00 bits per heavy atom. The molecule has 0 bridgehead atoms. The third kappa shape index (κ3) is 8.82. The summed E-state index contributed by atoms with van der Waals surface area (Å²) in [6.07, 6.45) is 4.80. The van der Waals surface area contributed by atoms with Crippen LogP contribution in [0.4, 0.5) is 0 Å². The second kappa shape index (κ2) is 10.4. The minimum absolute atomic E-state index is 0.220. The number of likely N-dealkylation sites (tertiary alicyclic amines) is 1. The summed E-state index contributed by atoms with van der Waals surface area (Å²) in [7, 11) is 1.85. The van der Waals surface area contributed by atoms with Crippen LogP contribution < -0.4 is 10.6 Å². The summed E-state index contributed by atoms with van der Waals surface area (Å²) in [6, 6.07) is 0.515. The molecule has 1 fully saturated rings. The summed E-state index contributed by atoms with van der Waals surface area (Å²) < 4.78 is 5.86. The number of rotatable bonds is 8. The zero-order valence-corrected chi connectivity index (χ0v) is 16.6. The maximum Gasteiger partial charge on any atom is 0.191 e. The van der Waals surface area contributed by atoms with Gasteiger partial charge >= 0.3 is 0 Å². The van der Waals surface area contributed by atoms with E-state index in [0.717, 1.165) is 51.6 Å². The van der Waals surface area contributed by atoms with Crippen molar-refractivity contribution in [3.63, 3.8) is 0 Å². The van der Waals surface area contributed by atoms with Gasteiger partial charge in [0.2, 0.25) is 0 Å². The monoisotopic (exact) mass is 344 g/mol. The average Bonchev–Trinajstić information content (AvgIpc) is 2.52. The number of hydrogen-bond donors (Lipinski definition) is 2. The third-order valence-electron chi connectivity index (χ3n) is 4.24. The summed E-state index contributed by atoms with van der Waals surface area (Å²) >= 11 is 1.87. The van der Waals surface area contributed by atoms with Crippen LogP contribution in [0, 0.1) is 0 Å². The number of guanidine groups is 1. The Labute approximate surface area is 147 Å². The predicted molar refractivity (Wildman–Crippen MR) is 103 cm³/mol. The molecule has 1 saturated heterocycles. The number of piperidine rings is 1. The van der Waals surface area contributed by atoms with Crippen molar-refractivity contribution in [2.75, 3.05) is 46.1 Å². The fraction of sp³-hybridized carbons (Fsp3) is 0.941. The van der Waals surface area contributed by atoms with Crippen molar-refractivity contribution in [1.82, 2.24) is 15.5 Å². The van der Waals surface area contributed by atoms with E-state index < -0.39 is 0 Å². The second-order valence-electron chi connectivity index (χ2n) is 7.07. The number of nitrogens with one attached hydrogen (secondary N) is 2. The molecule has 0 atom stereocenters. The maximum absolute atomic E-state index is 5.64. The molecule has 0 radical (unpaired) electrons. The molecule has 23 heavy (non-hydrogen) atoms. The quantitative estimate of drug-likeness (QED) is 0.522. The first-order valence-corrected chi connectivity index (χ1v) is 9.95.